The number of hydrogen-bond acceptors (Lipinski definition) is 15. The molecule has 15 nitrogen and oxygen atoms in total. The fraction of sp³-hybridized carbons (Fsp3) is 0.696. The van der Waals surface area contributed by atoms with Gasteiger partial charge in [0.2, 0.25) is 5.60 Å². The molecule has 0 spiro atoms. The third-order valence-corrected chi connectivity index (χ3v) is 4.88. The molecule has 15 heteroatoms. The molecule has 6 atom stereocenters. The van der Waals surface area contributed by atoms with Crippen molar-refractivity contribution in [2.45, 2.75) is 84.6 Å². The highest BCUT2D eigenvalue weighted by molar-refractivity contribution is 5.71. The van der Waals surface area contributed by atoms with E-state index in [2.05, 4.69) is 0 Å². The van der Waals surface area contributed by atoms with Crippen LogP contribution in [0, 0.1) is 0 Å². The summed E-state index contributed by atoms with van der Waals surface area (Å²) >= 11 is 0. The summed E-state index contributed by atoms with van der Waals surface area (Å²) in [7, 11) is 0. The van der Waals surface area contributed by atoms with Gasteiger partial charge in [0, 0.05) is 48.5 Å². The first-order valence-corrected chi connectivity index (χ1v) is 11.4. The lowest BCUT2D eigenvalue weighted by Gasteiger charge is -2.38. The summed E-state index contributed by atoms with van der Waals surface area (Å²) in [5.74, 6) is -5.91. The summed E-state index contributed by atoms with van der Waals surface area (Å²) in [6.07, 6.45) is -7.69. The number of esters is 7. The van der Waals surface area contributed by atoms with Crippen molar-refractivity contribution in [3.05, 3.63) is 0 Å². The predicted molar refractivity (Wildman–Crippen MR) is 120 cm³/mol. The van der Waals surface area contributed by atoms with Crippen molar-refractivity contribution >= 4 is 41.8 Å². The van der Waals surface area contributed by atoms with Gasteiger partial charge in [-0.3, -0.25) is 33.6 Å². The molecule has 0 bridgehead atoms. The Bertz CT molecular complexity index is 928. The molecule has 1 fully saturated rings. The lowest BCUT2D eigenvalue weighted by atomic mass is 9.96. The quantitative estimate of drug-likeness (QED) is 0.224. The van der Waals surface area contributed by atoms with Crippen molar-refractivity contribution < 1.29 is 71.5 Å². The van der Waals surface area contributed by atoms with Gasteiger partial charge >= 0.3 is 41.8 Å². The van der Waals surface area contributed by atoms with E-state index in [4.69, 9.17) is 37.9 Å². The Balaban J connectivity index is 3.70. The maximum Gasteiger partial charge on any atom is 0.303 e. The Kier molecular flexibility index (Phi) is 12.1. The van der Waals surface area contributed by atoms with Crippen LogP contribution in [0.4, 0.5) is 0 Å². The second-order valence-electron chi connectivity index (χ2n) is 8.29. The minimum Gasteiger partial charge on any atom is -0.462 e. The van der Waals surface area contributed by atoms with Crippen molar-refractivity contribution in [3.63, 3.8) is 0 Å². The van der Waals surface area contributed by atoms with E-state index in [1.807, 2.05) is 0 Å². The summed E-state index contributed by atoms with van der Waals surface area (Å²) in [6.45, 7) is 5.57. The van der Waals surface area contributed by atoms with Crippen molar-refractivity contribution in [2.24, 2.45) is 0 Å². The second-order valence-corrected chi connectivity index (χ2v) is 8.29. The lowest BCUT2D eigenvalue weighted by molar-refractivity contribution is -0.223. The van der Waals surface area contributed by atoms with Crippen molar-refractivity contribution in [2.75, 3.05) is 19.8 Å². The van der Waals surface area contributed by atoms with E-state index in [-0.39, 0.29) is 0 Å². The average Bonchev–Trinajstić information content (AvgIpc) is 2.95. The molecule has 1 unspecified atom stereocenters. The fourth-order valence-electron chi connectivity index (χ4n) is 3.85. The standard InChI is InChI=1S/C23H32O15/c1-11(24)31-8-18(34-13(3)26)9-32-21-19(35-14(4)27)20(36-15(5)28)22(37-16(6)29)23(21,38-17(7)30)10-33-12(2)25/h18-22H,8-10H2,1-7H3/t18?,19-,20-,21+,22+,23+/m1/s1. The molecule has 0 aromatic heterocycles. The predicted octanol–water partition coefficient (Wildman–Crippen LogP) is -0.460. The zero-order valence-electron chi connectivity index (χ0n) is 22.1. The number of ether oxygens (including phenoxy) is 8. The summed E-state index contributed by atoms with van der Waals surface area (Å²) in [4.78, 5) is 82.8. The molecule has 1 rings (SSSR count). The maximum absolute atomic E-state index is 12.2. The minimum absolute atomic E-state index is 0.439. The van der Waals surface area contributed by atoms with Crippen LogP contribution in [-0.4, -0.2) is 97.7 Å². The summed E-state index contributed by atoms with van der Waals surface area (Å²) in [5.41, 5.74) is -2.22. The van der Waals surface area contributed by atoms with E-state index >= 15 is 0 Å². The lowest BCUT2D eigenvalue weighted by Crippen LogP contribution is -2.58. The van der Waals surface area contributed by atoms with Gasteiger partial charge in [-0.1, -0.05) is 0 Å². The normalized spacial score (nSPS) is 24.8. The molecule has 0 aromatic rings. The number of rotatable bonds is 12. The van der Waals surface area contributed by atoms with Gasteiger partial charge in [-0.05, 0) is 0 Å². The van der Waals surface area contributed by atoms with Gasteiger partial charge in [0.05, 0.1) is 6.61 Å². The summed E-state index contributed by atoms with van der Waals surface area (Å²) in [6, 6.07) is 0. The van der Waals surface area contributed by atoms with Gasteiger partial charge in [0.25, 0.3) is 0 Å². The maximum atomic E-state index is 12.2. The molecule has 0 aromatic carbocycles. The summed E-state index contributed by atoms with van der Waals surface area (Å²) in [5, 5.41) is 0. The van der Waals surface area contributed by atoms with E-state index in [1.165, 1.54) is 0 Å². The Morgan fingerprint density at radius 2 is 1.08 bits per heavy atom. The molecule has 1 aliphatic carbocycles. The first kappa shape index (κ1) is 32.3. The molecule has 214 valence electrons. The first-order chi connectivity index (χ1) is 17.6. The van der Waals surface area contributed by atoms with Crippen LogP contribution in [0.5, 0.6) is 0 Å². The number of hydrogen-bond donors (Lipinski definition) is 0. The van der Waals surface area contributed by atoms with Crippen LogP contribution in [0.3, 0.4) is 0 Å². The van der Waals surface area contributed by atoms with Gasteiger partial charge in [-0.25, -0.2) is 0 Å². The molecule has 0 amide bonds. The zero-order valence-corrected chi connectivity index (χ0v) is 22.1. The largest absolute Gasteiger partial charge is 0.462 e. The number of carbonyl (C=O) groups is 7. The number of carbonyl (C=O) groups excluding carboxylic acids is 7. The van der Waals surface area contributed by atoms with Gasteiger partial charge in [-0.2, -0.15) is 0 Å². The van der Waals surface area contributed by atoms with Gasteiger partial charge in [0.1, 0.15) is 19.3 Å². The molecule has 1 saturated carbocycles. The van der Waals surface area contributed by atoms with Crippen LogP contribution in [0.25, 0.3) is 0 Å². The Morgan fingerprint density at radius 1 is 0.579 bits per heavy atom. The van der Waals surface area contributed by atoms with Crippen LogP contribution in [0.15, 0.2) is 0 Å². The molecule has 0 N–H and O–H groups in total. The van der Waals surface area contributed by atoms with Crippen LogP contribution < -0.4 is 0 Å². The zero-order chi connectivity index (χ0) is 29.2. The van der Waals surface area contributed by atoms with Gasteiger partial charge < -0.3 is 37.9 Å². The average molecular weight is 548 g/mol. The SMILES string of the molecule is CC(=O)OCC(CO[C@H]1[C@H](OC(C)=O)[C@@H](OC(C)=O)[C@H](OC(C)=O)[C@@]1(COC(C)=O)OC(C)=O)OC(C)=O. The van der Waals surface area contributed by atoms with Crippen molar-refractivity contribution in [1.29, 1.82) is 0 Å². The molecule has 0 aliphatic heterocycles. The fourth-order valence-corrected chi connectivity index (χ4v) is 3.85. The Labute approximate surface area is 218 Å². The van der Waals surface area contributed by atoms with Crippen molar-refractivity contribution in [1.82, 2.24) is 0 Å². The molecule has 0 saturated heterocycles. The molecule has 38 heavy (non-hydrogen) atoms. The molecule has 1 aliphatic rings. The van der Waals surface area contributed by atoms with Crippen LogP contribution in [0.1, 0.15) is 48.5 Å². The minimum atomic E-state index is -2.22. The second kappa shape index (κ2) is 14.3. The van der Waals surface area contributed by atoms with Crippen molar-refractivity contribution in [3.8, 4) is 0 Å². The van der Waals surface area contributed by atoms with E-state index in [0.717, 1.165) is 48.5 Å². The molecule has 0 radical (unpaired) electrons. The molecular formula is C23H32O15. The van der Waals surface area contributed by atoms with Gasteiger partial charge in [0.15, 0.2) is 24.4 Å². The Morgan fingerprint density at radius 3 is 1.50 bits per heavy atom. The smallest absolute Gasteiger partial charge is 0.303 e. The Hall–Kier alpha value is -3.75. The van der Waals surface area contributed by atoms with E-state index in [0.29, 0.717) is 0 Å². The third-order valence-electron chi connectivity index (χ3n) is 4.88. The highest BCUT2D eigenvalue weighted by Crippen LogP contribution is 2.43. The van der Waals surface area contributed by atoms with Crippen LogP contribution >= 0.6 is 0 Å². The highest BCUT2D eigenvalue weighted by Gasteiger charge is 2.70. The van der Waals surface area contributed by atoms with Gasteiger partial charge in [-0.15, -0.1) is 0 Å². The molecular weight excluding hydrogens is 516 g/mol. The summed E-state index contributed by atoms with van der Waals surface area (Å²) < 4.78 is 42.5. The third kappa shape index (κ3) is 9.61. The van der Waals surface area contributed by atoms with Crippen LogP contribution in [0.2, 0.25) is 0 Å². The van der Waals surface area contributed by atoms with E-state index < -0.39 is 97.7 Å². The van der Waals surface area contributed by atoms with E-state index in [1.54, 1.807) is 0 Å². The highest BCUT2D eigenvalue weighted by atomic mass is 16.7. The van der Waals surface area contributed by atoms with Crippen LogP contribution in [-0.2, 0) is 71.5 Å². The first-order valence-electron chi connectivity index (χ1n) is 11.4. The topological polar surface area (TPSA) is 193 Å². The van der Waals surface area contributed by atoms with E-state index in [9.17, 15) is 33.6 Å². The molecule has 0 heterocycles. The monoisotopic (exact) mass is 548 g/mol.